The van der Waals surface area contributed by atoms with Crippen LogP contribution in [-0.4, -0.2) is 47.6 Å². The molecule has 0 saturated carbocycles. The number of aliphatic hydroxyl groups is 1. The number of hydrogen-bond acceptors (Lipinski definition) is 3. The quantitative estimate of drug-likeness (QED) is 0.916. The van der Waals surface area contributed by atoms with Crippen molar-refractivity contribution in [1.82, 2.24) is 4.90 Å². The second kappa shape index (κ2) is 6.48. The number of fused-ring (bicyclic) bond motifs is 1. The van der Waals surface area contributed by atoms with Crippen LogP contribution in [-0.2, 0) is 16.0 Å². The van der Waals surface area contributed by atoms with E-state index in [9.17, 15) is 14.7 Å². The van der Waals surface area contributed by atoms with Crippen LogP contribution in [0.4, 0.5) is 5.69 Å². The van der Waals surface area contributed by atoms with Crippen molar-refractivity contribution in [2.24, 2.45) is 0 Å². The lowest BCUT2D eigenvalue weighted by atomic mass is 10.0. The molecule has 2 amide bonds. The van der Waals surface area contributed by atoms with E-state index >= 15 is 0 Å². The van der Waals surface area contributed by atoms with Gasteiger partial charge in [-0.2, -0.15) is 0 Å². The Morgan fingerprint density at radius 1 is 1.27 bits per heavy atom. The number of carbonyl (C=O) groups is 2. The Labute approximate surface area is 130 Å². The summed E-state index contributed by atoms with van der Waals surface area (Å²) in [5.74, 6) is 0.111. The van der Waals surface area contributed by atoms with E-state index in [0.717, 1.165) is 24.9 Å². The van der Waals surface area contributed by atoms with E-state index in [4.69, 9.17) is 0 Å². The minimum absolute atomic E-state index is 0.0228. The van der Waals surface area contributed by atoms with Crippen LogP contribution >= 0.6 is 0 Å². The molecule has 3 rings (SSSR count). The lowest BCUT2D eigenvalue weighted by Gasteiger charge is -2.32. The lowest BCUT2D eigenvalue weighted by Crippen LogP contribution is -2.44. The third-order valence-corrected chi connectivity index (χ3v) is 4.49. The zero-order valence-corrected chi connectivity index (χ0v) is 12.7. The van der Waals surface area contributed by atoms with Gasteiger partial charge >= 0.3 is 0 Å². The number of aryl methyl sites for hydroxylation is 1. The number of hydrogen-bond donors (Lipinski definition) is 1. The highest BCUT2D eigenvalue weighted by Gasteiger charge is 2.26. The number of carbonyl (C=O) groups excluding carboxylic acids is 2. The summed E-state index contributed by atoms with van der Waals surface area (Å²) in [7, 11) is 0. The Bertz CT molecular complexity index is 573. The molecule has 1 saturated heterocycles. The fourth-order valence-corrected chi connectivity index (χ4v) is 3.29. The second-order valence-corrected chi connectivity index (χ2v) is 6.06. The molecule has 0 spiro atoms. The molecule has 1 fully saturated rings. The van der Waals surface area contributed by atoms with Gasteiger partial charge in [0.25, 0.3) is 0 Å². The lowest BCUT2D eigenvalue weighted by molar-refractivity contribution is -0.134. The van der Waals surface area contributed by atoms with Crippen LogP contribution in [0.1, 0.15) is 31.2 Å². The first-order chi connectivity index (χ1) is 10.6. The highest BCUT2D eigenvalue weighted by Crippen LogP contribution is 2.27. The first-order valence-electron chi connectivity index (χ1n) is 7.99. The van der Waals surface area contributed by atoms with Gasteiger partial charge in [0.15, 0.2) is 0 Å². The highest BCUT2D eigenvalue weighted by molar-refractivity contribution is 5.97. The van der Waals surface area contributed by atoms with Gasteiger partial charge in [0.1, 0.15) is 0 Å². The fraction of sp³-hybridized carbons (Fsp3) is 0.529. The number of aliphatic hydroxyl groups excluding tert-OH is 1. The molecule has 22 heavy (non-hydrogen) atoms. The van der Waals surface area contributed by atoms with Crippen LogP contribution in [0.25, 0.3) is 0 Å². The number of piperidine rings is 1. The zero-order valence-electron chi connectivity index (χ0n) is 12.7. The molecule has 0 aliphatic carbocycles. The molecule has 1 aromatic carbocycles. The van der Waals surface area contributed by atoms with Gasteiger partial charge in [0.05, 0.1) is 6.10 Å². The summed E-state index contributed by atoms with van der Waals surface area (Å²) in [5, 5.41) is 9.66. The zero-order chi connectivity index (χ0) is 15.5. The van der Waals surface area contributed by atoms with Crippen LogP contribution in [0.3, 0.4) is 0 Å². The van der Waals surface area contributed by atoms with Crippen molar-refractivity contribution >= 4 is 17.5 Å². The van der Waals surface area contributed by atoms with E-state index in [0.29, 0.717) is 32.5 Å². The maximum absolute atomic E-state index is 12.3. The fourth-order valence-electron chi connectivity index (χ4n) is 3.29. The molecule has 5 nitrogen and oxygen atoms in total. The van der Waals surface area contributed by atoms with Crippen LogP contribution in [0, 0.1) is 0 Å². The van der Waals surface area contributed by atoms with Crippen LogP contribution in [0.5, 0.6) is 0 Å². The van der Waals surface area contributed by atoms with E-state index in [1.165, 1.54) is 5.56 Å². The average Bonchev–Trinajstić information content (AvgIpc) is 2.53. The predicted octanol–water partition coefficient (Wildman–Crippen LogP) is 1.34. The van der Waals surface area contributed by atoms with Gasteiger partial charge in [0.2, 0.25) is 11.8 Å². The molecule has 0 bridgehead atoms. The summed E-state index contributed by atoms with van der Waals surface area (Å²) in [6, 6.07) is 7.89. The number of likely N-dealkylation sites (tertiary alicyclic amines) is 1. The molecular formula is C17H22N2O3. The summed E-state index contributed by atoms with van der Waals surface area (Å²) in [6.07, 6.45) is 2.80. The largest absolute Gasteiger partial charge is 0.391 e. The first kappa shape index (κ1) is 15.0. The standard InChI is InChI=1S/C17H22N2O3/c20-14-5-3-10-18(12-14)16(21)9-11-19-15-6-2-1-4-13(15)7-8-17(19)22/h1-2,4,6,14,20H,3,5,7-12H2. The topological polar surface area (TPSA) is 60.9 Å². The summed E-state index contributed by atoms with van der Waals surface area (Å²) < 4.78 is 0. The molecule has 0 aromatic heterocycles. The number of β-amino-alcohol motifs (C(OH)–C–C–N with tert-alkyl or cyclic N) is 1. The Kier molecular flexibility index (Phi) is 4.43. The number of nitrogens with zero attached hydrogens (tertiary/aromatic N) is 2. The predicted molar refractivity (Wildman–Crippen MR) is 83.6 cm³/mol. The van der Waals surface area contributed by atoms with Gasteiger partial charge in [-0.1, -0.05) is 18.2 Å². The first-order valence-corrected chi connectivity index (χ1v) is 7.99. The average molecular weight is 302 g/mol. The van der Waals surface area contributed by atoms with E-state index in [1.807, 2.05) is 24.3 Å². The van der Waals surface area contributed by atoms with Crippen molar-refractivity contribution in [3.8, 4) is 0 Å². The Hall–Kier alpha value is -1.88. The number of rotatable bonds is 3. The molecule has 1 N–H and O–H groups in total. The van der Waals surface area contributed by atoms with Crippen molar-refractivity contribution in [2.45, 2.75) is 38.2 Å². The Morgan fingerprint density at radius 3 is 2.91 bits per heavy atom. The molecule has 1 aromatic rings. The van der Waals surface area contributed by atoms with E-state index in [-0.39, 0.29) is 11.8 Å². The van der Waals surface area contributed by atoms with E-state index in [1.54, 1.807) is 9.80 Å². The highest BCUT2D eigenvalue weighted by atomic mass is 16.3. The maximum atomic E-state index is 12.3. The maximum Gasteiger partial charge on any atom is 0.227 e. The van der Waals surface area contributed by atoms with Gasteiger partial charge in [-0.15, -0.1) is 0 Å². The van der Waals surface area contributed by atoms with Crippen LogP contribution < -0.4 is 4.90 Å². The SMILES string of the molecule is O=C(CCN1C(=O)CCc2ccccc21)N1CCCC(O)C1. The Morgan fingerprint density at radius 2 is 2.09 bits per heavy atom. The smallest absolute Gasteiger partial charge is 0.227 e. The van der Waals surface area contributed by atoms with Crippen molar-refractivity contribution in [3.05, 3.63) is 29.8 Å². The van der Waals surface area contributed by atoms with Gasteiger partial charge in [-0.3, -0.25) is 9.59 Å². The summed E-state index contributed by atoms with van der Waals surface area (Å²) in [6.45, 7) is 1.55. The third kappa shape index (κ3) is 3.14. The molecule has 2 aliphatic rings. The molecule has 5 heteroatoms. The minimum Gasteiger partial charge on any atom is -0.391 e. The summed E-state index contributed by atoms with van der Waals surface area (Å²) >= 11 is 0. The van der Waals surface area contributed by atoms with Crippen LogP contribution in [0.2, 0.25) is 0 Å². The molecule has 1 unspecified atom stereocenters. The minimum atomic E-state index is -0.407. The number of benzene rings is 1. The van der Waals surface area contributed by atoms with E-state index < -0.39 is 6.10 Å². The third-order valence-electron chi connectivity index (χ3n) is 4.49. The molecule has 2 heterocycles. The number of anilines is 1. The number of para-hydroxylation sites is 1. The molecule has 118 valence electrons. The summed E-state index contributed by atoms with van der Waals surface area (Å²) in [5.41, 5.74) is 2.10. The van der Waals surface area contributed by atoms with Gasteiger partial charge < -0.3 is 14.9 Å². The van der Waals surface area contributed by atoms with E-state index in [2.05, 4.69) is 0 Å². The summed E-state index contributed by atoms with van der Waals surface area (Å²) in [4.78, 5) is 27.9. The molecule has 1 atom stereocenters. The van der Waals surface area contributed by atoms with Crippen molar-refractivity contribution < 1.29 is 14.7 Å². The number of amides is 2. The molecule has 0 radical (unpaired) electrons. The van der Waals surface area contributed by atoms with Gasteiger partial charge in [-0.25, -0.2) is 0 Å². The van der Waals surface area contributed by atoms with Gasteiger partial charge in [-0.05, 0) is 30.9 Å². The Balaban J connectivity index is 1.63. The molecular weight excluding hydrogens is 280 g/mol. The molecule has 2 aliphatic heterocycles. The monoisotopic (exact) mass is 302 g/mol. The normalized spacial score (nSPS) is 21.7. The van der Waals surface area contributed by atoms with Crippen LogP contribution in [0.15, 0.2) is 24.3 Å². The van der Waals surface area contributed by atoms with Crippen molar-refractivity contribution in [3.63, 3.8) is 0 Å². The van der Waals surface area contributed by atoms with Crippen molar-refractivity contribution in [1.29, 1.82) is 0 Å². The van der Waals surface area contributed by atoms with Gasteiger partial charge in [0, 0.05) is 38.2 Å². The van der Waals surface area contributed by atoms with Crippen molar-refractivity contribution in [2.75, 3.05) is 24.5 Å². The second-order valence-electron chi connectivity index (χ2n) is 6.06.